The molecule has 0 aromatic heterocycles. The Labute approximate surface area is 101 Å². The second-order valence-electron chi connectivity index (χ2n) is 6.40. The maximum atomic E-state index is 12.3. The van der Waals surface area contributed by atoms with Gasteiger partial charge in [0.25, 0.3) is 0 Å². The monoisotopic (exact) mass is 228 g/mol. The van der Waals surface area contributed by atoms with Gasteiger partial charge in [-0.1, -0.05) is 24.3 Å². The van der Waals surface area contributed by atoms with E-state index in [4.69, 9.17) is 4.74 Å². The van der Waals surface area contributed by atoms with Crippen molar-refractivity contribution in [1.29, 1.82) is 0 Å². The molecule has 0 aromatic carbocycles. The third-order valence-electron chi connectivity index (χ3n) is 6.06. The van der Waals surface area contributed by atoms with Gasteiger partial charge in [0.2, 0.25) is 0 Å². The Morgan fingerprint density at radius 1 is 0.882 bits per heavy atom. The molecule has 0 unspecified atom stereocenters. The van der Waals surface area contributed by atoms with Crippen LogP contribution < -0.4 is 0 Å². The number of hydrogen-bond acceptors (Lipinski definition) is 2. The number of Topliss-reactive ketones (excluding diaryl/α,β-unsaturated/α-hetero) is 1. The highest BCUT2D eigenvalue weighted by molar-refractivity contribution is 5.92. The van der Waals surface area contributed by atoms with E-state index in [-0.39, 0.29) is 11.8 Å². The van der Waals surface area contributed by atoms with Crippen molar-refractivity contribution in [1.82, 2.24) is 0 Å². The lowest BCUT2D eigenvalue weighted by Crippen LogP contribution is -2.49. The van der Waals surface area contributed by atoms with Crippen molar-refractivity contribution in [2.75, 3.05) is 13.2 Å². The van der Waals surface area contributed by atoms with Gasteiger partial charge < -0.3 is 4.74 Å². The zero-order valence-electron chi connectivity index (χ0n) is 9.66. The topological polar surface area (TPSA) is 26.3 Å². The van der Waals surface area contributed by atoms with Crippen molar-refractivity contribution < 1.29 is 9.53 Å². The van der Waals surface area contributed by atoms with Crippen molar-refractivity contribution in [2.45, 2.75) is 0 Å². The fraction of sp³-hybridized carbons (Fsp3) is 0.667. The summed E-state index contributed by atoms with van der Waals surface area (Å²) in [5, 5.41) is 0. The first-order valence-corrected chi connectivity index (χ1v) is 6.84. The molecule has 1 saturated heterocycles. The lowest BCUT2D eigenvalue weighted by atomic mass is 9.52. The van der Waals surface area contributed by atoms with Crippen LogP contribution in [0.15, 0.2) is 24.3 Å². The van der Waals surface area contributed by atoms with Crippen LogP contribution in [0.5, 0.6) is 0 Å². The Bertz CT molecular complexity index is 426. The fourth-order valence-electron chi connectivity index (χ4n) is 5.51. The smallest absolute Gasteiger partial charge is 0.147 e. The molecule has 17 heavy (non-hydrogen) atoms. The van der Waals surface area contributed by atoms with Gasteiger partial charge in [-0.3, -0.25) is 4.79 Å². The van der Waals surface area contributed by atoms with Gasteiger partial charge in [0.15, 0.2) is 0 Å². The molecular formula is C15H16O2. The van der Waals surface area contributed by atoms with Gasteiger partial charge in [-0.15, -0.1) is 0 Å². The number of allylic oxidation sites excluding steroid dienone is 4. The molecule has 1 heterocycles. The second-order valence-corrected chi connectivity index (χ2v) is 6.40. The average Bonchev–Trinajstić information content (AvgIpc) is 3.04. The van der Waals surface area contributed by atoms with Crippen LogP contribution in [-0.2, 0) is 9.53 Å². The Morgan fingerprint density at radius 2 is 1.41 bits per heavy atom. The Balaban J connectivity index is 1.67. The molecule has 8 atom stereocenters. The van der Waals surface area contributed by atoms with Crippen LogP contribution in [0.25, 0.3) is 0 Å². The van der Waals surface area contributed by atoms with E-state index in [0.717, 1.165) is 13.2 Å². The highest BCUT2D eigenvalue weighted by atomic mass is 16.5. The first-order valence-electron chi connectivity index (χ1n) is 6.84. The molecule has 1 aliphatic heterocycles. The Kier molecular flexibility index (Phi) is 1.47. The molecule has 88 valence electrons. The summed E-state index contributed by atoms with van der Waals surface area (Å²) in [5.74, 6) is 4.83. The van der Waals surface area contributed by atoms with Gasteiger partial charge in [-0.25, -0.2) is 0 Å². The molecule has 2 heteroatoms. The minimum Gasteiger partial charge on any atom is -0.381 e. The summed E-state index contributed by atoms with van der Waals surface area (Å²) in [6.07, 6.45) is 9.19. The number of carbonyl (C=O) groups excluding carboxylic acids is 1. The molecular weight excluding hydrogens is 212 g/mol. The van der Waals surface area contributed by atoms with Gasteiger partial charge in [0, 0.05) is 11.8 Å². The molecule has 0 N–H and O–H groups in total. The third-order valence-corrected chi connectivity index (χ3v) is 6.06. The lowest BCUT2D eigenvalue weighted by molar-refractivity contribution is -0.121. The first-order chi connectivity index (χ1) is 8.36. The molecule has 2 nitrogen and oxygen atoms in total. The number of ketones is 1. The minimum absolute atomic E-state index is 0.240. The molecule has 0 spiro atoms. The molecule has 0 amide bonds. The van der Waals surface area contributed by atoms with Gasteiger partial charge in [-0.05, 0) is 35.5 Å². The highest BCUT2D eigenvalue weighted by Crippen LogP contribution is 2.63. The number of rotatable bonds is 0. The van der Waals surface area contributed by atoms with E-state index in [0.29, 0.717) is 41.3 Å². The molecule has 0 radical (unpaired) electrons. The summed E-state index contributed by atoms with van der Waals surface area (Å²) >= 11 is 0. The summed E-state index contributed by atoms with van der Waals surface area (Å²) in [4.78, 5) is 12.3. The number of fused-ring (bicyclic) bond motifs is 2. The SMILES string of the molecule is O=C1[C@H]2C=C[C@@H]1[C@@H]1[C@@H]3C=C[C@@H]([C@H]4COC[C@@H]34)[C@@H]12. The van der Waals surface area contributed by atoms with E-state index in [2.05, 4.69) is 24.3 Å². The number of ether oxygens (including phenoxy) is 1. The first kappa shape index (κ1) is 9.09. The van der Waals surface area contributed by atoms with Crippen molar-refractivity contribution in [2.24, 2.45) is 47.3 Å². The van der Waals surface area contributed by atoms with Crippen molar-refractivity contribution in [3.63, 3.8) is 0 Å². The number of hydrogen-bond donors (Lipinski definition) is 0. The third kappa shape index (κ3) is 0.855. The van der Waals surface area contributed by atoms with Crippen LogP contribution in [-0.4, -0.2) is 19.0 Å². The van der Waals surface area contributed by atoms with Crippen LogP contribution in [0, 0.1) is 47.3 Å². The predicted octanol–water partition coefficient (Wildman–Crippen LogP) is 1.68. The van der Waals surface area contributed by atoms with Gasteiger partial charge in [-0.2, -0.15) is 0 Å². The van der Waals surface area contributed by atoms with Crippen molar-refractivity contribution >= 4 is 5.78 Å². The van der Waals surface area contributed by atoms with Crippen LogP contribution in [0.2, 0.25) is 0 Å². The fourth-order valence-corrected chi connectivity index (χ4v) is 5.51. The van der Waals surface area contributed by atoms with Crippen molar-refractivity contribution in [3.8, 4) is 0 Å². The molecule has 6 rings (SSSR count). The zero-order valence-corrected chi connectivity index (χ0v) is 9.66. The molecule has 0 aromatic rings. The summed E-state index contributed by atoms with van der Waals surface area (Å²) in [6, 6.07) is 0. The summed E-state index contributed by atoms with van der Waals surface area (Å²) in [7, 11) is 0. The Morgan fingerprint density at radius 3 is 1.94 bits per heavy atom. The molecule has 6 aliphatic rings. The largest absolute Gasteiger partial charge is 0.381 e. The van der Waals surface area contributed by atoms with Crippen LogP contribution in [0.3, 0.4) is 0 Å². The predicted molar refractivity (Wildman–Crippen MR) is 62.0 cm³/mol. The Hall–Kier alpha value is -0.890. The maximum Gasteiger partial charge on any atom is 0.147 e. The van der Waals surface area contributed by atoms with E-state index >= 15 is 0 Å². The van der Waals surface area contributed by atoms with Crippen molar-refractivity contribution in [3.05, 3.63) is 24.3 Å². The average molecular weight is 228 g/mol. The second kappa shape index (κ2) is 2.74. The van der Waals surface area contributed by atoms with Gasteiger partial charge >= 0.3 is 0 Å². The van der Waals surface area contributed by atoms with E-state index in [9.17, 15) is 4.79 Å². The lowest BCUT2D eigenvalue weighted by Gasteiger charge is -2.51. The van der Waals surface area contributed by atoms with Crippen LogP contribution in [0.4, 0.5) is 0 Å². The van der Waals surface area contributed by atoms with E-state index in [1.54, 1.807) is 0 Å². The van der Waals surface area contributed by atoms with Gasteiger partial charge in [0.1, 0.15) is 5.78 Å². The minimum atomic E-state index is 0.240. The maximum absolute atomic E-state index is 12.3. The quantitative estimate of drug-likeness (QED) is 0.590. The van der Waals surface area contributed by atoms with Crippen LogP contribution >= 0.6 is 0 Å². The van der Waals surface area contributed by atoms with Crippen LogP contribution in [0.1, 0.15) is 0 Å². The summed E-state index contributed by atoms with van der Waals surface area (Å²) in [5.41, 5.74) is 0. The molecule has 4 bridgehead atoms. The summed E-state index contributed by atoms with van der Waals surface area (Å²) in [6.45, 7) is 1.85. The zero-order chi connectivity index (χ0) is 11.1. The molecule has 5 aliphatic carbocycles. The number of carbonyl (C=O) groups is 1. The normalized spacial score (nSPS) is 61.1. The summed E-state index contributed by atoms with van der Waals surface area (Å²) < 4.78 is 5.71. The van der Waals surface area contributed by atoms with Gasteiger partial charge in [0.05, 0.1) is 13.2 Å². The highest BCUT2D eigenvalue weighted by Gasteiger charge is 2.63. The molecule has 2 saturated carbocycles. The van der Waals surface area contributed by atoms with E-state index in [1.807, 2.05) is 0 Å². The molecule has 3 fully saturated rings. The standard InChI is InChI=1S/C15H16O2/c16-15-9-3-4-10(15)14-8-2-1-7(13(9)14)11-5-17-6-12(8)11/h1-4,7-14H,5-6H2/t7-,8+,9-,10+,11+,12-,13+,14-. The van der Waals surface area contributed by atoms with E-state index < -0.39 is 0 Å². The van der Waals surface area contributed by atoms with E-state index in [1.165, 1.54) is 0 Å².